The van der Waals surface area contributed by atoms with Crippen molar-refractivity contribution < 1.29 is 19.0 Å². The van der Waals surface area contributed by atoms with Crippen molar-refractivity contribution in [3.8, 4) is 5.75 Å². The Hall–Kier alpha value is -2.40. The molecule has 2 aromatic carbocycles. The van der Waals surface area contributed by atoms with E-state index in [1.54, 1.807) is 0 Å². The number of benzene rings is 2. The Morgan fingerprint density at radius 1 is 1.25 bits per heavy atom. The van der Waals surface area contributed by atoms with Gasteiger partial charge in [0.25, 0.3) is 5.91 Å². The quantitative estimate of drug-likeness (QED) is 0.883. The molecule has 128 valence electrons. The van der Waals surface area contributed by atoms with Gasteiger partial charge in [0.15, 0.2) is 0 Å². The molecule has 0 saturated heterocycles. The zero-order chi connectivity index (χ0) is 17.7. The summed E-state index contributed by atoms with van der Waals surface area (Å²) in [5, 5.41) is 10.4. The molecule has 2 rings (SSSR count). The number of nitrogens with zero attached hydrogens (tertiary/aromatic N) is 1. The molecule has 1 N–H and O–H groups in total. The first-order valence-corrected chi connectivity index (χ1v) is 7.83. The Kier molecular flexibility index (Phi) is 5.93. The Bertz CT molecular complexity index is 700. The maximum absolute atomic E-state index is 13.5. The van der Waals surface area contributed by atoms with Crippen molar-refractivity contribution in [3.05, 3.63) is 65.0 Å². The van der Waals surface area contributed by atoms with Crippen LogP contribution in [0, 0.1) is 12.7 Å². The highest BCUT2D eigenvalue weighted by atomic mass is 19.1. The van der Waals surface area contributed by atoms with Crippen molar-refractivity contribution in [2.45, 2.75) is 20.0 Å². The Morgan fingerprint density at radius 3 is 2.50 bits per heavy atom. The van der Waals surface area contributed by atoms with Crippen molar-refractivity contribution in [3.63, 3.8) is 0 Å². The van der Waals surface area contributed by atoms with Crippen LogP contribution in [-0.2, 0) is 0 Å². The van der Waals surface area contributed by atoms with Gasteiger partial charge in [0.1, 0.15) is 11.6 Å². The van der Waals surface area contributed by atoms with E-state index in [1.807, 2.05) is 38.1 Å². The van der Waals surface area contributed by atoms with Gasteiger partial charge in [0.2, 0.25) is 0 Å². The molecule has 2 aromatic rings. The fraction of sp³-hybridized carbons (Fsp3) is 0.316. The number of halogens is 1. The van der Waals surface area contributed by atoms with Crippen LogP contribution in [0.2, 0.25) is 0 Å². The van der Waals surface area contributed by atoms with E-state index in [1.165, 1.54) is 24.1 Å². The number of ether oxygens (including phenoxy) is 1. The average molecular weight is 331 g/mol. The van der Waals surface area contributed by atoms with Crippen LogP contribution in [0.4, 0.5) is 4.39 Å². The van der Waals surface area contributed by atoms with E-state index in [2.05, 4.69) is 0 Å². The van der Waals surface area contributed by atoms with Gasteiger partial charge in [0, 0.05) is 6.54 Å². The predicted molar refractivity (Wildman–Crippen MR) is 90.7 cm³/mol. The third-order valence-electron chi connectivity index (χ3n) is 3.92. The molecule has 24 heavy (non-hydrogen) atoms. The van der Waals surface area contributed by atoms with Crippen LogP contribution in [0.1, 0.15) is 34.5 Å². The lowest BCUT2D eigenvalue weighted by Gasteiger charge is -2.25. The Morgan fingerprint density at radius 2 is 1.92 bits per heavy atom. The van der Waals surface area contributed by atoms with Crippen molar-refractivity contribution >= 4 is 5.91 Å². The summed E-state index contributed by atoms with van der Waals surface area (Å²) in [5.74, 6) is -0.570. The number of amides is 1. The number of aliphatic hydroxyl groups is 1. The molecular weight excluding hydrogens is 309 g/mol. The molecule has 0 saturated carbocycles. The molecule has 4 nitrogen and oxygen atoms in total. The monoisotopic (exact) mass is 331 g/mol. The van der Waals surface area contributed by atoms with Gasteiger partial charge in [0.05, 0.1) is 25.3 Å². The topological polar surface area (TPSA) is 49.8 Å². The number of aryl methyl sites for hydroxylation is 1. The minimum absolute atomic E-state index is 0.123. The minimum Gasteiger partial charge on any atom is -0.496 e. The van der Waals surface area contributed by atoms with E-state index >= 15 is 0 Å². The first-order chi connectivity index (χ1) is 11.5. The molecule has 5 heteroatoms. The van der Waals surface area contributed by atoms with Crippen molar-refractivity contribution in [1.82, 2.24) is 4.90 Å². The second-order valence-corrected chi connectivity index (χ2v) is 5.61. The number of carbonyl (C=O) groups excluding carboxylic acids is 1. The molecule has 0 heterocycles. The van der Waals surface area contributed by atoms with E-state index < -0.39 is 11.9 Å². The van der Waals surface area contributed by atoms with Crippen LogP contribution in [0.25, 0.3) is 0 Å². The number of aliphatic hydroxyl groups excluding tert-OH is 1. The standard InChI is InChI=1S/C19H22FNO3/c1-4-21(12-17(22)14-7-5-13(2)6-8-14)19(23)16-11-15(20)9-10-18(16)24-3/h5-11,17,22H,4,12H2,1-3H3. The van der Waals surface area contributed by atoms with E-state index in [4.69, 9.17) is 4.74 Å². The summed E-state index contributed by atoms with van der Waals surface area (Å²) in [4.78, 5) is 14.2. The average Bonchev–Trinajstić information content (AvgIpc) is 2.59. The molecule has 1 atom stereocenters. The molecule has 1 unspecified atom stereocenters. The van der Waals surface area contributed by atoms with E-state index in [0.717, 1.165) is 17.2 Å². The Labute approximate surface area is 141 Å². The van der Waals surface area contributed by atoms with Gasteiger partial charge in [-0.15, -0.1) is 0 Å². The smallest absolute Gasteiger partial charge is 0.257 e. The Balaban J connectivity index is 2.20. The third-order valence-corrected chi connectivity index (χ3v) is 3.92. The fourth-order valence-electron chi connectivity index (χ4n) is 2.48. The molecular formula is C19H22FNO3. The summed E-state index contributed by atoms with van der Waals surface area (Å²) in [5.41, 5.74) is 1.98. The first-order valence-electron chi connectivity index (χ1n) is 7.83. The predicted octanol–water partition coefficient (Wildman–Crippen LogP) is 3.34. The first kappa shape index (κ1) is 17.9. The third kappa shape index (κ3) is 4.11. The van der Waals surface area contributed by atoms with Crippen LogP contribution >= 0.6 is 0 Å². The molecule has 1 amide bonds. The van der Waals surface area contributed by atoms with Gasteiger partial charge in [-0.05, 0) is 37.6 Å². The van der Waals surface area contributed by atoms with Crippen molar-refractivity contribution in [2.75, 3.05) is 20.2 Å². The fourth-order valence-corrected chi connectivity index (χ4v) is 2.48. The summed E-state index contributed by atoms with van der Waals surface area (Å²) in [7, 11) is 1.43. The van der Waals surface area contributed by atoms with Gasteiger partial charge < -0.3 is 14.7 Å². The number of likely N-dealkylation sites (N-methyl/N-ethyl adjacent to an activating group) is 1. The number of rotatable bonds is 6. The SMILES string of the molecule is CCN(CC(O)c1ccc(C)cc1)C(=O)c1cc(F)ccc1OC. The highest BCUT2D eigenvalue weighted by Crippen LogP contribution is 2.23. The molecule has 0 spiro atoms. The maximum Gasteiger partial charge on any atom is 0.257 e. The zero-order valence-corrected chi connectivity index (χ0v) is 14.1. The number of methoxy groups -OCH3 is 1. The normalized spacial score (nSPS) is 11.9. The molecule has 0 radical (unpaired) electrons. The number of hydrogen-bond donors (Lipinski definition) is 1. The number of carbonyl (C=O) groups is 1. The summed E-state index contributed by atoms with van der Waals surface area (Å²) >= 11 is 0. The lowest BCUT2D eigenvalue weighted by molar-refractivity contribution is 0.0631. The van der Waals surface area contributed by atoms with Crippen molar-refractivity contribution in [1.29, 1.82) is 0 Å². The second kappa shape index (κ2) is 7.93. The van der Waals surface area contributed by atoms with Gasteiger partial charge >= 0.3 is 0 Å². The van der Waals surface area contributed by atoms with E-state index in [0.29, 0.717) is 12.3 Å². The van der Waals surface area contributed by atoms with Gasteiger partial charge in [-0.2, -0.15) is 0 Å². The molecule has 0 aliphatic rings. The molecule has 0 bridgehead atoms. The molecule has 0 aliphatic heterocycles. The summed E-state index contributed by atoms with van der Waals surface area (Å²) in [6, 6.07) is 11.3. The number of hydrogen-bond acceptors (Lipinski definition) is 3. The van der Waals surface area contributed by atoms with Gasteiger partial charge in [-0.1, -0.05) is 29.8 Å². The minimum atomic E-state index is -0.811. The summed E-state index contributed by atoms with van der Waals surface area (Å²) in [6.45, 7) is 4.29. The van der Waals surface area contributed by atoms with Crippen molar-refractivity contribution in [2.24, 2.45) is 0 Å². The molecule has 0 fully saturated rings. The van der Waals surface area contributed by atoms with E-state index in [9.17, 15) is 14.3 Å². The van der Waals surface area contributed by atoms with Gasteiger partial charge in [-0.25, -0.2) is 4.39 Å². The van der Waals surface area contributed by atoms with Crippen LogP contribution in [0.3, 0.4) is 0 Å². The maximum atomic E-state index is 13.5. The summed E-state index contributed by atoms with van der Waals surface area (Å²) < 4.78 is 18.6. The zero-order valence-electron chi connectivity index (χ0n) is 14.1. The van der Waals surface area contributed by atoms with Crippen LogP contribution < -0.4 is 4.74 Å². The lowest BCUT2D eigenvalue weighted by atomic mass is 10.1. The highest BCUT2D eigenvalue weighted by molar-refractivity contribution is 5.97. The molecule has 0 aromatic heterocycles. The molecule has 0 aliphatic carbocycles. The second-order valence-electron chi connectivity index (χ2n) is 5.61. The lowest BCUT2D eigenvalue weighted by Crippen LogP contribution is -2.35. The van der Waals surface area contributed by atoms with Crippen LogP contribution in [0.15, 0.2) is 42.5 Å². The van der Waals surface area contributed by atoms with Crippen LogP contribution in [-0.4, -0.2) is 36.1 Å². The van der Waals surface area contributed by atoms with Crippen LogP contribution in [0.5, 0.6) is 5.75 Å². The highest BCUT2D eigenvalue weighted by Gasteiger charge is 2.22. The summed E-state index contributed by atoms with van der Waals surface area (Å²) in [6.07, 6.45) is -0.811. The largest absolute Gasteiger partial charge is 0.496 e. The van der Waals surface area contributed by atoms with Gasteiger partial charge in [-0.3, -0.25) is 4.79 Å². The van der Waals surface area contributed by atoms with E-state index in [-0.39, 0.29) is 18.0 Å².